The van der Waals surface area contributed by atoms with E-state index in [2.05, 4.69) is 4.98 Å². The number of carbonyl (C=O) groups is 1. The quantitative estimate of drug-likeness (QED) is 0.656. The fourth-order valence-electron chi connectivity index (χ4n) is 1.28. The highest BCUT2D eigenvalue weighted by molar-refractivity contribution is 5.91. The lowest BCUT2D eigenvalue weighted by atomic mass is 10.2. The van der Waals surface area contributed by atoms with Crippen LogP contribution in [0.25, 0.3) is 11.0 Å². The lowest BCUT2D eigenvalue weighted by Gasteiger charge is -2.02. The number of carboxylic acids is 1. The molecule has 2 aromatic rings. The summed E-state index contributed by atoms with van der Waals surface area (Å²) in [5.74, 6) is -1.38. The van der Waals surface area contributed by atoms with Gasteiger partial charge in [-0.05, 0) is 18.2 Å². The van der Waals surface area contributed by atoms with Gasteiger partial charge in [0.15, 0.2) is 5.65 Å². The molecule has 0 fully saturated rings. The molecular weight excluding hydrogens is 200 g/mol. The summed E-state index contributed by atoms with van der Waals surface area (Å²) < 4.78 is 0.235. The van der Waals surface area contributed by atoms with Crippen molar-refractivity contribution in [3.05, 3.63) is 40.3 Å². The maximum Gasteiger partial charge on any atom is 0.341 e. The largest absolute Gasteiger partial charge is 0.477 e. The van der Waals surface area contributed by atoms with Crippen molar-refractivity contribution < 1.29 is 15.1 Å². The van der Waals surface area contributed by atoms with Gasteiger partial charge < -0.3 is 10.3 Å². The molecule has 0 aliphatic carbocycles. The minimum absolute atomic E-state index is 0.0347. The van der Waals surface area contributed by atoms with Crippen LogP contribution in [0.3, 0.4) is 0 Å². The molecule has 0 unspecified atom stereocenters. The summed E-state index contributed by atoms with van der Waals surface area (Å²) in [5.41, 5.74) is -1.45. The second kappa shape index (κ2) is 3.09. The summed E-state index contributed by atoms with van der Waals surface area (Å²) >= 11 is 0. The zero-order chi connectivity index (χ0) is 11.0. The molecule has 0 saturated carbocycles. The lowest BCUT2D eigenvalue weighted by Crippen LogP contribution is -2.25. The Morgan fingerprint density at radius 1 is 1.47 bits per heavy atom. The first-order valence-corrected chi connectivity index (χ1v) is 4.04. The number of hydrogen-bond acceptors (Lipinski definition) is 4. The zero-order valence-electron chi connectivity index (χ0n) is 7.41. The van der Waals surface area contributed by atoms with Crippen molar-refractivity contribution in [2.45, 2.75) is 0 Å². The van der Waals surface area contributed by atoms with Crippen LogP contribution in [0, 0.1) is 0 Å². The van der Waals surface area contributed by atoms with Gasteiger partial charge in [0.05, 0.1) is 0 Å². The molecule has 6 heteroatoms. The van der Waals surface area contributed by atoms with E-state index in [0.29, 0.717) is 5.39 Å². The highest BCUT2D eigenvalue weighted by Crippen LogP contribution is 2.09. The summed E-state index contributed by atoms with van der Waals surface area (Å²) in [6.07, 6.45) is 1.40. The molecule has 0 radical (unpaired) electrons. The van der Waals surface area contributed by atoms with E-state index in [1.54, 1.807) is 12.1 Å². The Hall–Kier alpha value is -2.37. The summed E-state index contributed by atoms with van der Waals surface area (Å²) in [5, 5.41) is 18.5. The number of carboxylic acid groups (broad SMARTS) is 1. The Morgan fingerprint density at radius 3 is 2.87 bits per heavy atom. The molecule has 0 spiro atoms. The Labute approximate surface area is 83.0 Å². The van der Waals surface area contributed by atoms with Crippen LogP contribution in [0.15, 0.2) is 29.2 Å². The third-order valence-electron chi connectivity index (χ3n) is 1.97. The number of fused-ring (bicyclic) bond motifs is 1. The van der Waals surface area contributed by atoms with Crippen LogP contribution in [0.1, 0.15) is 10.4 Å². The van der Waals surface area contributed by atoms with Crippen molar-refractivity contribution in [3.8, 4) is 0 Å². The highest BCUT2D eigenvalue weighted by atomic mass is 16.5. The summed E-state index contributed by atoms with van der Waals surface area (Å²) in [7, 11) is 0. The van der Waals surface area contributed by atoms with Gasteiger partial charge in [-0.2, -0.15) is 0 Å². The Balaban J connectivity index is 2.95. The third kappa shape index (κ3) is 1.32. The maximum absolute atomic E-state index is 11.3. The van der Waals surface area contributed by atoms with Gasteiger partial charge in [0, 0.05) is 11.6 Å². The number of pyridine rings is 2. The van der Waals surface area contributed by atoms with Gasteiger partial charge >= 0.3 is 5.97 Å². The van der Waals surface area contributed by atoms with E-state index in [1.807, 2.05) is 0 Å². The Morgan fingerprint density at radius 2 is 2.20 bits per heavy atom. The van der Waals surface area contributed by atoms with Crippen LogP contribution in [-0.4, -0.2) is 26.0 Å². The molecule has 0 amide bonds. The summed E-state index contributed by atoms with van der Waals surface area (Å²) in [4.78, 5) is 25.8. The molecule has 0 atom stereocenters. The number of aromatic carboxylic acids is 1. The van der Waals surface area contributed by atoms with Gasteiger partial charge in [-0.25, -0.2) is 9.78 Å². The molecule has 0 bridgehead atoms. The molecule has 0 saturated heterocycles. The van der Waals surface area contributed by atoms with Crippen LogP contribution in [0.2, 0.25) is 0 Å². The Kier molecular flexibility index (Phi) is 1.89. The molecule has 15 heavy (non-hydrogen) atoms. The van der Waals surface area contributed by atoms with Crippen molar-refractivity contribution >= 4 is 17.0 Å². The molecule has 0 aliphatic rings. The number of nitrogens with zero attached hydrogens (tertiary/aromatic N) is 2. The van der Waals surface area contributed by atoms with Crippen LogP contribution in [0.5, 0.6) is 0 Å². The highest BCUT2D eigenvalue weighted by Gasteiger charge is 2.14. The van der Waals surface area contributed by atoms with Crippen molar-refractivity contribution in [1.82, 2.24) is 9.71 Å². The molecule has 2 heterocycles. The van der Waals surface area contributed by atoms with Gasteiger partial charge in [0.25, 0.3) is 5.56 Å². The average Bonchev–Trinajstić information content (AvgIpc) is 2.23. The zero-order valence-corrected chi connectivity index (χ0v) is 7.41. The van der Waals surface area contributed by atoms with E-state index < -0.39 is 17.1 Å². The molecule has 2 aromatic heterocycles. The molecule has 0 aromatic carbocycles. The van der Waals surface area contributed by atoms with E-state index >= 15 is 0 Å². The molecule has 0 aliphatic heterocycles. The van der Waals surface area contributed by atoms with E-state index in [9.17, 15) is 14.8 Å². The van der Waals surface area contributed by atoms with Gasteiger partial charge in [-0.3, -0.25) is 4.79 Å². The molecule has 6 nitrogen and oxygen atoms in total. The van der Waals surface area contributed by atoms with Gasteiger partial charge in [-0.1, -0.05) is 0 Å². The fraction of sp³-hybridized carbons (Fsp3) is 0. The van der Waals surface area contributed by atoms with Crippen molar-refractivity contribution in [2.24, 2.45) is 0 Å². The topological polar surface area (TPSA) is 92.4 Å². The predicted octanol–water partition coefficient (Wildman–Crippen LogP) is 0.332. The minimum atomic E-state index is -1.38. The van der Waals surface area contributed by atoms with Crippen molar-refractivity contribution in [2.75, 3.05) is 0 Å². The second-order valence-electron chi connectivity index (χ2n) is 2.90. The normalized spacial score (nSPS) is 10.4. The smallest absolute Gasteiger partial charge is 0.341 e. The number of aromatic nitrogens is 2. The fourth-order valence-corrected chi connectivity index (χ4v) is 1.28. The van der Waals surface area contributed by atoms with E-state index in [4.69, 9.17) is 5.11 Å². The first kappa shape index (κ1) is 9.20. The lowest BCUT2D eigenvalue weighted by molar-refractivity contribution is 0.0689. The number of rotatable bonds is 1. The van der Waals surface area contributed by atoms with E-state index in [1.165, 1.54) is 12.3 Å². The first-order valence-electron chi connectivity index (χ1n) is 4.04. The van der Waals surface area contributed by atoms with E-state index in [-0.39, 0.29) is 10.4 Å². The Bertz CT molecular complexity index is 603. The molecule has 76 valence electrons. The maximum atomic E-state index is 11.3. The third-order valence-corrected chi connectivity index (χ3v) is 1.97. The summed E-state index contributed by atoms with van der Waals surface area (Å²) in [6.45, 7) is 0. The monoisotopic (exact) mass is 206 g/mol. The van der Waals surface area contributed by atoms with Gasteiger partial charge in [-0.15, -0.1) is 4.73 Å². The van der Waals surface area contributed by atoms with E-state index in [0.717, 1.165) is 0 Å². The van der Waals surface area contributed by atoms with Crippen molar-refractivity contribution in [3.63, 3.8) is 0 Å². The second-order valence-corrected chi connectivity index (χ2v) is 2.90. The molecule has 2 N–H and O–H groups in total. The van der Waals surface area contributed by atoms with Crippen LogP contribution >= 0.6 is 0 Å². The standard InChI is InChI=1S/C9H6N2O4/c12-8-6(9(13)14)4-5-2-1-3-10-7(5)11(8)15/h1-4,15H,(H,13,14). The van der Waals surface area contributed by atoms with Crippen LogP contribution < -0.4 is 5.56 Å². The average molecular weight is 206 g/mol. The van der Waals surface area contributed by atoms with Crippen molar-refractivity contribution in [1.29, 1.82) is 0 Å². The minimum Gasteiger partial charge on any atom is -0.477 e. The SMILES string of the molecule is O=C(O)c1cc2cccnc2n(O)c1=O. The first-order chi connectivity index (χ1) is 7.11. The van der Waals surface area contributed by atoms with Crippen LogP contribution in [-0.2, 0) is 0 Å². The molecule has 2 rings (SSSR count). The summed E-state index contributed by atoms with van der Waals surface area (Å²) in [6, 6.07) is 4.32. The van der Waals surface area contributed by atoms with Crippen LogP contribution in [0.4, 0.5) is 0 Å². The predicted molar refractivity (Wildman–Crippen MR) is 50.1 cm³/mol. The van der Waals surface area contributed by atoms with Gasteiger partial charge in [0.1, 0.15) is 5.56 Å². The number of hydrogen-bond donors (Lipinski definition) is 2. The molecular formula is C9H6N2O4. The van der Waals surface area contributed by atoms with Gasteiger partial charge in [0.2, 0.25) is 0 Å².